The van der Waals surface area contributed by atoms with E-state index in [9.17, 15) is 13.2 Å². The fourth-order valence-electron chi connectivity index (χ4n) is 3.39. The van der Waals surface area contributed by atoms with Crippen LogP contribution in [0.3, 0.4) is 0 Å². The van der Waals surface area contributed by atoms with Gasteiger partial charge in [-0.2, -0.15) is 13.2 Å². The van der Waals surface area contributed by atoms with Crippen LogP contribution in [-0.4, -0.2) is 0 Å². The van der Waals surface area contributed by atoms with Crippen LogP contribution in [0.5, 0.6) is 5.75 Å². The van der Waals surface area contributed by atoms with Gasteiger partial charge < -0.3 is 4.74 Å². The Labute approximate surface area is 146 Å². The van der Waals surface area contributed by atoms with Crippen LogP contribution in [0.1, 0.15) is 55.2 Å². The Bertz CT molecular complexity index is 666. The highest BCUT2D eigenvalue weighted by molar-refractivity contribution is 5.30. The van der Waals surface area contributed by atoms with Crippen LogP contribution < -0.4 is 4.74 Å². The Hall–Kier alpha value is -1.97. The van der Waals surface area contributed by atoms with E-state index in [2.05, 4.69) is 19.1 Å². The molecule has 2 aromatic rings. The maximum Gasteiger partial charge on any atom is 0.416 e. The third-order valence-electron chi connectivity index (χ3n) is 5.05. The SMILES string of the molecule is CC1CCC(c2ccc(OCc3ccc(C(F)(F)F)cc3)cc2)CC1. The van der Waals surface area contributed by atoms with Gasteiger partial charge in [-0.3, -0.25) is 0 Å². The standard InChI is InChI=1S/C21H23F3O/c1-15-2-6-17(7-3-15)18-8-12-20(13-9-18)25-14-16-4-10-19(11-5-16)21(22,23)24/h4-5,8-13,15,17H,2-3,6-7,14H2,1H3. The van der Waals surface area contributed by atoms with Gasteiger partial charge in [0.05, 0.1) is 5.56 Å². The summed E-state index contributed by atoms with van der Waals surface area (Å²) in [5, 5.41) is 0. The van der Waals surface area contributed by atoms with Gasteiger partial charge in [0, 0.05) is 0 Å². The highest BCUT2D eigenvalue weighted by Gasteiger charge is 2.29. The molecule has 1 nitrogen and oxygen atoms in total. The first kappa shape index (κ1) is 17.8. The molecule has 0 bridgehead atoms. The molecule has 1 aliphatic rings. The van der Waals surface area contributed by atoms with Crippen molar-refractivity contribution in [3.63, 3.8) is 0 Å². The summed E-state index contributed by atoms with van der Waals surface area (Å²) in [5.74, 6) is 2.22. The number of ether oxygens (including phenoxy) is 1. The molecule has 0 saturated heterocycles. The lowest BCUT2D eigenvalue weighted by molar-refractivity contribution is -0.137. The van der Waals surface area contributed by atoms with Gasteiger partial charge in [-0.05, 0) is 60.1 Å². The number of hydrogen-bond donors (Lipinski definition) is 0. The van der Waals surface area contributed by atoms with Crippen molar-refractivity contribution in [2.24, 2.45) is 5.92 Å². The largest absolute Gasteiger partial charge is 0.489 e. The summed E-state index contributed by atoms with van der Waals surface area (Å²) in [5.41, 5.74) is 1.44. The van der Waals surface area contributed by atoms with E-state index in [4.69, 9.17) is 4.74 Å². The van der Waals surface area contributed by atoms with Crippen molar-refractivity contribution in [2.75, 3.05) is 0 Å². The Morgan fingerprint density at radius 2 is 1.48 bits per heavy atom. The summed E-state index contributed by atoms with van der Waals surface area (Å²) in [6.07, 6.45) is 0.764. The van der Waals surface area contributed by atoms with Crippen LogP contribution in [0.25, 0.3) is 0 Å². The van der Waals surface area contributed by atoms with Crippen LogP contribution in [0.4, 0.5) is 13.2 Å². The smallest absolute Gasteiger partial charge is 0.416 e. The van der Waals surface area contributed by atoms with Crippen molar-refractivity contribution in [3.8, 4) is 5.75 Å². The van der Waals surface area contributed by atoms with Crippen molar-refractivity contribution in [2.45, 2.75) is 51.3 Å². The highest BCUT2D eigenvalue weighted by Crippen LogP contribution is 2.36. The van der Waals surface area contributed by atoms with Gasteiger partial charge in [0.15, 0.2) is 0 Å². The van der Waals surface area contributed by atoms with E-state index in [-0.39, 0.29) is 6.61 Å². The number of benzene rings is 2. The molecule has 1 saturated carbocycles. The monoisotopic (exact) mass is 348 g/mol. The van der Waals surface area contributed by atoms with Gasteiger partial charge in [0.2, 0.25) is 0 Å². The molecule has 134 valence electrons. The quantitative estimate of drug-likeness (QED) is 0.606. The lowest BCUT2D eigenvalue weighted by Crippen LogP contribution is -2.10. The molecule has 0 aromatic heterocycles. The Kier molecular flexibility index (Phi) is 5.36. The van der Waals surface area contributed by atoms with Gasteiger partial charge in [0.1, 0.15) is 12.4 Å². The molecule has 25 heavy (non-hydrogen) atoms. The molecule has 0 unspecified atom stereocenters. The average molecular weight is 348 g/mol. The van der Waals surface area contributed by atoms with Crippen molar-refractivity contribution in [1.29, 1.82) is 0 Å². The Morgan fingerprint density at radius 1 is 0.880 bits per heavy atom. The van der Waals surface area contributed by atoms with Crippen molar-refractivity contribution >= 4 is 0 Å². The van der Waals surface area contributed by atoms with Crippen LogP contribution in [-0.2, 0) is 12.8 Å². The summed E-state index contributed by atoms with van der Waals surface area (Å²) < 4.78 is 43.4. The molecule has 0 atom stereocenters. The average Bonchev–Trinajstić information content (AvgIpc) is 2.61. The van der Waals surface area contributed by atoms with E-state index >= 15 is 0 Å². The minimum absolute atomic E-state index is 0.262. The van der Waals surface area contributed by atoms with Crippen LogP contribution >= 0.6 is 0 Å². The summed E-state index contributed by atoms with van der Waals surface area (Å²) in [4.78, 5) is 0. The zero-order valence-corrected chi connectivity index (χ0v) is 14.4. The van der Waals surface area contributed by atoms with Gasteiger partial charge in [-0.25, -0.2) is 0 Å². The maximum absolute atomic E-state index is 12.6. The van der Waals surface area contributed by atoms with Crippen LogP contribution in [0.2, 0.25) is 0 Å². The molecule has 0 spiro atoms. The first-order valence-electron chi connectivity index (χ1n) is 8.81. The van der Waals surface area contributed by atoms with Crippen LogP contribution in [0.15, 0.2) is 48.5 Å². The lowest BCUT2D eigenvalue weighted by atomic mass is 9.79. The van der Waals surface area contributed by atoms with E-state index in [1.165, 1.54) is 43.4 Å². The first-order valence-corrected chi connectivity index (χ1v) is 8.81. The van der Waals surface area contributed by atoms with E-state index in [1.54, 1.807) is 0 Å². The summed E-state index contributed by atoms with van der Waals surface area (Å²) in [6, 6.07) is 13.2. The highest BCUT2D eigenvalue weighted by atomic mass is 19.4. The summed E-state index contributed by atoms with van der Waals surface area (Å²) in [6.45, 7) is 2.58. The number of halogens is 3. The molecule has 2 aromatic carbocycles. The Morgan fingerprint density at radius 3 is 2.04 bits per heavy atom. The van der Waals surface area contributed by atoms with Crippen molar-refractivity contribution < 1.29 is 17.9 Å². The predicted octanol–water partition coefficient (Wildman–Crippen LogP) is 6.58. The van der Waals surface area contributed by atoms with Crippen molar-refractivity contribution in [3.05, 3.63) is 65.2 Å². The molecule has 1 aliphatic carbocycles. The van der Waals surface area contributed by atoms with Crippen molar-refractivity contribution in [1.82, 2.24) is 0 Å². The fraction of sp³-hybridized carbons (Fsp3) is 0.429. The van der Waals surface area contributed by atoms with E-state index in [1.807, 2.05) is 12.1 Å². The lowest BCUT2D eigenvalue weighted by Gasteiger charge is -2.26. The molecule has 1 fully saturated rings. The second-order valence-electron chi connectivity index (χ2n) is 7.01. The molecule has 0 N–H and O–H groups in total. The zero-order valence-electron chi connectivity index (χ0n) is 14.4. The van der Waals surface area contributed by atoms with Crippen LogP contribution in [0, 0.1) is 5.92 Å². The summed E-state index contributed by atoms with van der Waals surface area (Å²) in [7, 11) is 0. The maximum atomic E-state index is 12.6. The molecule has 0 aliphatic heterocycles. The Balaban J connectivity index is 1.55. The first-order chi connectivity index (χ1) is 11.9. The molecule has 0 heterocycles. The minimum Gasteiger partial charge on any atom is -0.489 e. The molecule has 0 radical (unpaired) electrons. The van der Waals surface area contributed by atoms with Gasteiger partial charge >= 0.3 is 6.18 Å². The summed E-state index contributed by atoms with van der Waals surface area (Å²) >= 11 is 0. The number of hydrogen-bond acceptors (Lipinski definition) is 1. The molecule has 0 amide bonds. The molecule has 3 rings (SSSR count). The third kappa shape index (κ3) is 4.77. The van der Waals surface area contributed by atoms with Gasteiger partial charge in [-0.15, -0.1) is 0 Å². The van der Waals surface area contributed by atoms with Gasteiger partial charge in [0.25, 0.3) is 0 Å². The van der Waals surface area contributed by atoms with E-state index in [0.29, 0.717) is 5.92 Å². The minimum atomic E-state index is -4.30. The second-order valence-corrected chi connectivity index (χ2v) is 7.01. The second kappa shape index (κ2) is 7.51. The number of alkyl halides is 3. The van der Waals surface area contributed by atoms with E-state index in [0.717, 1.165) is 29.4 Å². The fourth-order valence-corrected chi connectivity index (χ4v) is 3.39. The predicted molar refractivity (Wildman–Crippen MR) is 92.6 cm³/mol. The normalized spacial score (nSPS) is 21.1. The third-order valence-corrected chi connectivity index (χ3v) is 5.05. The molecule has 4 heteroatoms. The van der Waals surface area contributed by atoms with Gasteiger partial charge in [-0.1, -0.05) is 44.0 Å². The topological polar surface area (TPSA) is 9.23 Å². The molecular weight excluding hydrogens is 325 g/mol. The van der Waals surface area contributed by atoms with E-state index < -0.39 is 11.7 Å². The molecular formula is C21H23F3O. The number of rotatable bonds is 4. The zero-order chi connectivity index (χ0) is 17.9.